The number of rotatable bonds is 14. The quantitative estimate of drug-likeness (QED) is 0.0503. The maximum Gasteiger partial charge on any atom is 0.328 e. The summed E-state index contributed by atoms with van der Waals surface area (Å²) < 4.78 is 0. The molecule has 4 aromatic carbocycles. The molecule has 2 aromatic heterocycles. The van der Waals surface area contributed by atoms with Crippen molar-refractivity contribution in [2.75, 3.05) is 0 Å². The topological polar surface area (TPSA) is 326 Å². The van der Waals surface area contributed by atoms with Gasteiger partial charge in [0.05, 0.1) is 11.4 Å². The summed E-state index contributed by atoms with van der Waals surface area (Å²) in [5.41, 5.74) is 21.8. The van der Waals surface area contributed by atoms with E-state index >= 15 is 0 Å². The van der Waals surface area contributed by atoms with Crippen LogP contribution in [0, 0.1) is 11.8 Å². The molecule has 0 saturated heterocycles. The van der Waals surface area contributed by atoms with E-state index in [1.807, 2.05) is 61.2 Å². The second-order valence-corrected chi connectivity index (χ2v) is 15.7. The van der Waals surface area contributed by atoms with Crippen LogP contribution in [0.3, 0.4) is 0 Å². The number of nitrogens with two attached hydrogens (primary N) is 2. The highest BCUT2D eigenvalue weighted by Crippen LogP contribution is 2.38. The van der Waals surface area contributed by atoms with Crippen molar-refractivity contribution in [3.8, 4) is 0 Å². The molecule has 2 atom stereocenters. The zero-order chi connectivity index (χ0) is 51.3. The van der Waals surface area contributed by atoms with Crippen molar-refractivity contribution in [1.82, 2.24) is 9.97 Å². The predicted molar refractivity (Wildman–Crippen MR) is 264 cm³/mol. The van der Waals surface area contributed by atoms with Crippen molar-refractivity contribution in [3.63, 3.8) is 0 Å². The molecular weight excluding hydrogens is 901 g/mol. The number of carboxylic acids is 6. The molecule has 0 saturated carbocycles. The van der Waals surface area contributed by atoms with Gasteiger partial charge in [-0.2, -0.15) is 0 Å². The number of carbonyl (C=O) groups is 6. The number of hydrogen-bond acceptors (Lipinski definition) is 12. The monoisotopic (exact) mass is 950 g/mol. The van der Waals surface area contributed by atoms with Crippen LogP contribution in [0.5, 0.6) is 0 Å². The van der Waals surface area contributed by atoms with Crippen LogP contribution in [0.25, 0.3) is 21.5 Å². The predicted octanol–water partition coefficient (Wildman–Crippen LogP) is 7.15. The fourth-order valence-corrected chi connectivity index (χ4v) is 7.45. The lowest BCUT2D eigenvalue weighted by molar-refractivity contribution is -0.134. The first kappa shape index (κ1) is 53.3. The number of carboxylic acid groups (broad SMARTS) is 6. The number of aliphatic carboxylic acids is 6. The smallest absolute Gasteiger partial charge is 0.328 e. The van der Waals surface area contributed by atoms with Crippen LogP contribution in [-0.4, -0.2) is 88.1 Å². The Balaban J connectivity index is 0.000000211. The van der Waals surface area contributed by atoms with Gasteiger partial charge in [0.15, 0.2) is 0 Å². The zero-order valence-corrected chi connectivity index (χ0v) is 37.9. The fourth-order valence-electron chi connectivity index (χ4n) is 7.45. The van der Waals surface area contributed by atoms with Gasteiger partial charge in [-0.25, -0.2) is 38.8 Å². The van der Waals surface area contributed by atoms with E-state index in [-0.39, 0.29) is 0 Å². The number of aliphatic imine (C=N–C) groups is 2. The highest BCUT2D eigenvalue weighted by molar-refractivity contribution is 6.20. The molecule has 8 rings (SSSR count). The number of pyridine rings is 2. The number of nitrogens with zero attached hydrogens (tertiary/aromatic N) is 4. The summed E-state index contributed by atoms with van der Waals surface area (Å²) in [6, 6.07) is 29.4. The van der Waals surface area contributed by atoms with Crippen LogP contribution < -0.4 is 11.5 Å². The molecule has 2 unspecified atom stereocenters. The molecule has 0 fully saturated rings. The average molecular weight is 951 g/mol. The molecule has 0 radical (unpaired) electrons. The summed E-state index contributed by atoms with van der Waals surface area (Å²) in [5, 5.41) is 51.7. The third-order valence-corrected chi connectivity index (χ3v) is 10.1. The van der Waals surface area contributed by atoms with Crippen LogP contribution in [0.15, 0.2) is 156 Å². The average Bonchev–Trinajstić information content (AvgIpc) is 3.84. The summed E-state index contributed by atoms with van der Waals surface area (Å²) in [4.78, 5) is 74.8. The van der Waals surface area contributed by atoms with E-state index in [0.717, 1.165) is 48.2 Å². The van der Waals surface area contributed by atoms with Crippen molar-refractivity contribution in [3.05, 3.63) is 180 Å². The SMILES string of the molecule is CC(Cc1cccnc1)Cc1ccc2cccc3c2c1C(N)=N3.CC(Cc1cccnc1)Cc1ccc2cccc3c2c1C(N)=N3.O=C(O)/C=C/C(=O)O.O=C(O)/C=C/C(=O)O.O=C(O)/C=C/C(=O)O. The van der Waals surface area contributed by atoms with E-state index in [0.29, 0.717) is 60.0 Å². The second kappa shape index (κ2) is 26.1. The minimum atomic E-state index is -1.26. The van der Waals surface area contributed by atoms with E-state index < -0.39 is 35.8 Å². The Morgan fingerprint density at radius 2 is 0.786 bits per heavy atom. The molecule has 18 nitrogen and oxygen atoms in total. The van der Waals surface area contributed by atoms with Crippen LogP contribution in [0.4, 0.5) is 11.4 Å². The number of amidine groups is 2. The number of hydrogen-bond donors (Lipinski definition) is 8. The lowest BCUT2D eigenvalue weighted by atomic mass is 9.90. The van der Waals surface area contributed by atoms with Crippen LogP contribution in [0.1, 0.15) is 47.2 Å². The zero-order valence-electron chi connectivity index (χ0n) is 37.9. The second-order valence-electron chi connectivity index (χ2n) is 15.7. The van der Waals surface area contributed by atoms with Crippen LogP contribution in [-0.2, 0) is 54.5 Å². The molecule has 0 amide bonds. The number of aromatic nitrogens is 2. The van der Waals surface area contributed by atoms with Crippen LogP contribution >= 0.6 is 0 Å². The maximum absolute atomic E-state index is 9.55. The number of benzene rings is 4. The maximum atomic E-state index is 9.55. The molecule has 10 N–H and O–H groups in total. The summed E-state index contributed by atoms with van der Waals surface area (Å²) >= 11 is 0. The molecule has 4 heterocycles. The Morgan fingerprint density at radius 1 is 0.457 bits per heavy atom. The van der Waals surface area contributed by atoms with Crippen molar-refractivity contribution in [2.45, 2.75) is 39.5 Å². The van der Waals surface area contributed by atoms with E-state index in [1.54, 1.807) is 0 Å². The van der Waals surface area contributed by atoms with E-state index in [2.05, 4.69) is 82.3 Å². The summed E-state index contributed by atoms with van der Waals surface area (Å²) in [6.07, 6.45) is 14.9. The van der Waals surface area contributed by atoms with Crippen molar-refractivity contribution in [1.29, 1.82) is 0 Å². The molecular formula is C52H50N6O12. The summed E-state index contributed by atoms with van der Waals surface area (Å²) in [6.45, 7) is 4.55. The fraction of sp³-hybridized carbons (Fsp3) is 0.154. The van der Waals surface area contributed by atoms with Gasteiger partial charge in [0, 0.05) is 83.1 Å². The van der Waals surface area contributed by atoms with Crippen molar-refractivity contribution < 1.29 is 59.4 Å². The van der Waals surface area contributed by atoms with Gasteiger partial charge in [0.25, 0.3) is 0 Å². The molecule has 6 aromatic rings. The van der Waals surface area contributed by atoms with E-state index in [4.69, 9.17) is 42.1 Å². The van der Waals surface area contributed by atoms with Gasteiger partial charge in [-0.05, 0) is 94.8 Å². The Bertz CT molecular complexity index is 2740. The molecule has 0 bridgehead atoms. The minimum Gasteiger partial charge on any atom is -0.478 e. The molecule has 0 spiro atoms. The van der Waals surface area contributed by atoms with E-state index in [9.17, 15) is 28.8 Å². The molecule has 360 valence electrons. The van der Waals surface area contributed by atoms with Gasteiger partial charge in [-0.1, -0.05) is 74.5 Å². The summed E-state index contributed by atoms with van der Waals surface area (Å²) in [5.74, 6) is -5.19. The Kier molecular flexibility index (Phi) is 19.9. The van der Waals surface area contributed by atoms with Gasteiger partial charge in [-0.15, -0.1) is 0 Å². The summed E-state index contributed by atoms with van der Waals surface area (Å²) in [7, 11) is 0. The van der Waals surface area contributed by atoms with Crippen LogP contribution in [0.2, 0.25) is 0 Å². The Hall–Kier alpha value is -9.32. The Labute approximate surface area is 401 Å². The largest absolute Gasteiger partial charge is 0.478 e. The lowest BCUT2D eigenvalue weighted by Crippen LogP contribution is -2.15. The molecule has 70 heavy (non-hydrogen) atoms. The van der Waals surface area contributed by atoms with Crippen molar-refractivity contribution in [2.24, 2.45) is 33.3 Å². The first-order valence-corrected chi connectivity index (χ1v) is 21.3. The molecule has 2 aliphatic heterocycles. The molecule has 2 aliphatic rings. The third-order valence-electron chi connectivity index (χ3n) is 10.1. The lowest BCUT2D eigenvalue weighted by Gasteiger charge is -2.15. The third kappa shape index (κ3) is 16.8. The normalized spacial score (nSPS) is 12.5. The van der Waals surface area contributed by atoms with Crippen molar-refractivity contribution >= 4 is 80.4 Å². The minimum absolute atomic E-state index is 0.522. The first-order valence-electron chi connectivity index (χ1n) is 21.3. The molecule has 18 heteroatoms. The van der Waals surface area contributed by atoms with Gasteiger partial charge in [-0.3, -0.25) is 9.97 Å². The molecule has 0 aliphatic carbocycles. The van der Waals surface area contributed by atoms with Gasteiger partial charge < -0.3 is 42.1 Å². The van der Waals surface area contributed by atoms with E-state index in [1.165, 1.54) is 43.8 Å². The highest BCUT2D eigenvalue weighted by Gasteiger charge is 2.22. The standard InChI is InChI=1S/2C20H19N3.3C4H4O4/c2*1-13(10-14-4-3-9-22-12-14)11-16-8-7-15-5-2-6-17-18(15)19(16)20(21)23-17;3*5-3(6)1-2-4(7)8/h2*2-9,12-13H,10-11H2,1H3,(H2,21,23);3*1-2H,(H,5,6)(H,7,8)/b;;3*2-1+. The van der Waals surface area contributed by atoms with Gasteiger partial charge in [0.1, 0.15) is 11.7 Å². The Morgan fingerprint density at radius 3 is 1.07 bits per heavy atom. The van der Waals surface area contributed by atoms with Gasteiger partial charge >= 0.3 is 35.8 Å². The van der Waals surface area contributed by atoms with Gasteiger partial charge in [0.2, 0.25) is 0 Å². The first-order chi connectivity index (χ1) is 33.3. The highest BCUT2D eigenvalue weighted by atomic mass is 16.4.